The van der Waals surface area contributed by atoms with Gasteiger partial charge in [0.1, 0.15) is 5.75 Å². The van der Waals surface area contributed by atoms with Crippen LogP contribution in [0, 0.1) is 0 Å². The van der Waals surface area contributed by atoms with Crippen LogP contribution in [0.3, 0.4) is 0 Å². The van der Waals surface area contributed by atoms with Gasteiger partial charge in [-0.15, -0.1) is 12.4 Å². The quantitative estimate of drug-likeness (QED) is 0.839. The Morgan fingerprint density at radius 2 is 2.13 bits per heavy atom. The monoisotopic (exact) mass is 227 g/mol. The van der Waals surface area contributed by atoms with Gasteiger partial charge in [0, 0.05) is 12.5 Å². The van der Waals surface area contributed by atoms with Gasteiger partial charge in [-0.25, -0.2) is 0 Å². The Kier molecular flexibility index (Phi) is 4.92. The van der Waals surface area contributed by atoms with Crippen LogP contribution in [0.25, 0.3) is 0 Å². The number of methoxy groups -OCH3 is 1. The van der Waals surface area contributed by atoms with Gasteiger partial charge < -0.3 is 10.1 Å². The number of piperidine rings is 1. The summed E-state index contributed by atoms with van der Waals surface area (Å²) in [4.78, 5) is 0. The van der Waals surface area contributed by atoms with Gasteiger partial charge >= 0.3 is 0 Å². The van der Waals surface area contributed by atoms with Gasteiger partial charge in [0.25, 0.3) is 0 Å². The molecule has 1 heterocycles. The third kappa shape index (κ3) is 2.86. The average Bonchev–Trinajstić information content (AvgIpc) is 2.30. The van der Waals surface area contributed by atoms with Crippen molar-refractivity contribution in [2.75, 3.05) is 20.2 Å². The first-order valence-corrected chi connectivity index (χ1v) is 5.25. The van der Waals surface area contributed by atoms with Crippen LogP contribution in [-0.2, 0) is 0 Å². The van der Waals surface area contributed by atoms with Crippen molar-refractivity contribution in [3.63, 3.8) is 0 Å². The molecule has 0 aliphatic carbocycles. The smallest absolute Gasteiger partial charge is 0.122 e. The minimum atomic E-state index is 0. The molecule has 1 atom stereocenters. The van der Waals surface area contributed by atoms with E-state index in [1.54, 1.807) is 7.11 Å². The average molecular weight is 228 g/mol. The highest BCUT2D eigenvalue weighted by Gasteiger charge is 2.17. The number of hydrogen-bond donors (Lipinski definition) is 1. The maximum Gasteiger partial charge on any atom is 0.122 e. The largest absolute Gasteiger partial charge is 0.496 e. The number of benzene rings is 1. The molecule has 2 rings (SSSR count). The Morgan fingerprint density at radius 3 is 2.80 bits per heavy atom. The van der Waals surface area contributed by atoms with E-state index in [2.05, 4.69) is 17.4 Å². The van der Waals surface area contributed by atoms with Gasteiger partial charge in [0.05, 0.1) is 7.11 Å². The second kappa shape index (κ2) is 5.99. The molecule has 15 heavy (non-hydrogen) atoms. The van der Waals surface area contributed by atoms with E-state index < -0.39 is 0 Å². The molecule has 3 heteroatoms. The summed E-state index contributed by atoms with van der Waals surface area (Å²) in [5.41, 5.74) is 1.35. The molecule has 0 saturated carbocycles. The highest BCUT2D eigenvalue weighted by molar-refractivity contribution is 5.85. The molecule has 0 amide bonds. The standard InChI is InChI=1S/C12H17NO.ClH/c1-14-12-7-3-2-6-11(12)10-5-4-8-13-9-10;/h2-3,6-7,10,13H,4-5,8-9H2,1H3;1H/t10-;/m1./s1. The molecule has 1 aliphatic heterocycles. The van der Waals surface area contributed by atoms with E-state index >= 15 is 0 Å². The molecule has 0 unspecified atom stereocenters. The zero-order valence-electron chi connectivity index (χ0n) is 9.03. The summed E-state index contributed by atoms with van der Waals surface area (Å²) < 4.78 is 5.37. The van der Waals surface area contributed by atoms with Gasteiger partial charge in [0.15, 0.2) is 0 Å². The SMILES string of the molecule is COc1ccccc1[C@@H]1CCCNC1.Cl. The van der Waals surface area contributed by atoms with Gasteiger partial charge in [-0.05, 0) is 31.0 Å². The molecule has 0 aromatic heterocycles. The molecular weight excluding hydrogens is 210 g/mol. The van der Waals surface area contributed by atoms with Crippen molar-refractivity contribution >= 4 is 12.4 Å². The fourth-order valence-corrected chi connectivity index (χ4v) is 2.12. The maximum atomic E-state index is 5.37. The number of nitrogens with one attached hydrogen (secondary N) is 1. The molecule has 1 N–H and O–H groups in total. The van der Waals surface area contributed by atoms with Crippen molar-refractivity contribution in [1.82, 2.24) is 5.32 Å². The van der Waals surface area contributed by atoms with Crippen LogP contribution in [0.2, 0.25) is 0 Å². The van der Waals surface area contributed by atoms with E-state index in [1.165, 1.54) is 18.4 Å². The second-order valence-electron chi connectivity index (χ2n) is 3.79. The molecule has 84 valence electrons. The fourth-order valence-electron chi connectivity index (χ4n) is 2.12. The summed E-state index contributed by atoms with van der Waals surface area (Å²) >= 11 is 0. The molecule has 1 fully saturated rings. The highest BCUT2D eigenvalue weighted by atomic mass is 35.5. The summed E-state index contributed by atoms with van der Waals surface area (Å²) in [5.74, 6) is 1.65. The minimum absolute atomic E-state index is 0. The van der Waals surface area contributed by atoms with Crippen LogP contribution < -0.4 is 10.1 Å². The van der Waals surface area contributed by atoms with Crippen LogP contribution in [0.15, 0.2) is 24.3 Å². The summed E-state index contributed by atoms with van der Waals surface area (Å²) in [6.07, 6.45) is 2.54. The van der Waals surface area contributed by atoms with Gasteiger partial charge in [0.2, 0.25) is 0 Å². The molecule has 0 spiro atoms. The third-order valence-corrected chi connectivity index (χ3v) is 2.88. The van der Waals surface area contributed by atoms with Crippen molar-refractivity contribution in [1.29, 1.82) is 0 Å². The Hall–Kier alpha value is -0.730. The number of para-hydroxylation sites is 1. The van der Waals surface area contributed by atoms with E-state index in [-0.39, 0.29) is 12.4 Å². The zero-order valence-corrected chi connectivity index (χ0v) is 9.85. The lowest BCUT2D eigenvalue weighted by atomic mass is 9.91. The highest BCUT2D eigenvalue weighted by Crippen LogP contribution is 2.30. The van der Waals surface area contributed by atoms with Crippen molar-refractivity contribution in [2.45, 2.75) is 18.8 Å². The van der Waals surface area contributed by atoms with Crippen LogP contribution in [0.5, 0.6) is 5.75 Å². The van der Waals surface area contributed by atoms with Crippen molar-refractivity contribution in [2.24, 2.45) is 0 Å². The predicted octanol–water partition coefficient (Wildman–Crippen LogP) is 2.58. The van der Waals surface area contributed by atoms with E-state index in [0.29, 0.717) is 5.92 Å². The maximum absolute atomic E-state index is 5.37. The summed E-state index contributed by atoms with van der Waals surface area (Å²) in [5, 5.41) is 3.43. The summed E-state index contributed by atoms with van der Waals surface area (Å²) in [6.45, 7) is 2.24. The molecule has 2 nitrogen and oxygen atoms in total. The van der Waals surface area contributed by atoms with Crippen LogP contribution in [0.4, 0.5) is 0 Å². The number of rotatable bonds is 2. The molecule has 1 aromatic rings. The number of hydrogen-bond acceptors (Lipinski definition) is 2. The van der Waals surface area contributed by atoms with Gasteiger partial charge in [-0.1, -0.05) is 18.2 Å². The first-order chi connectivity index (χ1) is 6.92. The number of halogens is 1. The minimum Gasteiger partial charge on any atom is -0.496 e. The van der Waals surface area contributed by atoms with Gasteiger partial charge in [-0.3, -0.25) is 0 Å². The zero-order chi connectivity index (χ0) is 9.80. The molecule has 0 bridgehead atoms. The Balaban J connectivity index is 0.00000112. The Morgan fingerprint density at radius 1 is 1.33 bits per heavy atom. The Bertz CT molecular complexity index is 297. The summed E-state index contributed by atoms with van der Waals surface area (Å²) in [7, 11) is 1.75. The van der Waals surface area contributed by atoms with Crippen molar-refractivity contribution < 1.29 is 4.74 Å². The van der Waals surface area contributed by atoms with Crippen LogP contribution in [-0.4, -0.2) is 20.2 Å². The van der Waals surface area contributed by atoms with E-state index in [9.17, 15) is 0 Å². The third-order valence-electron chi connectivity index (χ3n) is 2.88. The molecule has 1 saturated heterocycles. The lowest BCUT2D eigenvalue weighted by molar-refractivity contribution is 0.392. The molecule has 0 radical (unpaired) electrons. The topological polar surface area (TPSA) is 21.3 Å². The predicted molar refractivity (Wildman–Crippen MR) is 65.1 cm³/mol. The van der Waals surface area contributed by atoms with Crippen LogP contribution >= 0.6 is 12.4 Å². The van der Waals surface area contributed by atoms with Gasteiger partial charge in [-0.2, -0.15) is 0 Å². The Labute approximate surface area is 97.4 Å². The lowest BCUT2D eigenvalue weighted by Crippen LogP contribution is -2.28. The lowest BCUT2D eigenvalue weighted by Gasteiger charge is -2.24. The molecule has 1 aliphatic rings. The summed E-state index contributed by atoms with van der Waals surface area (Å²) in [6, 6.07) is 8.34. The molecule has 1 aromatic carbocycles. The van der Waals surface area contributed by atoms with Crippen molar-refractivity contribution in [3.8, 4) is 5.75 Å². The second-order valence-corrected chi connectivity index (χ2v) is 3.79. The fraction of sp³-hybridized carbons (Fsp3) is 0.500. The van der Waals surface area contributed by atoms with Crippen LogP contribution in [0.1, 0.15) is 24.3 Å². The molecular formula is C12H18ClNO. The van der Waals surface area contributed by atoms with E-state index in [4.69, 9.17) is 4.74 Å². The number of ether oxygens (including phenoxy) is 1. The van der Waals surface area contributed by atoms with Crippen molar-refractivity contribution in [3.05, 3.63) is 29.8 Å². The first kappa shape index (κ1) is 12.3. The van der Waals surface area contributed by atoms with E-state index in [1.807, 2.05) is 12.1 Å². The van der Waals surface area contributed by atoms with E-state index in [0.717, 1.165) is 18.8 Å². The normalized spacial score (nSPS) is 20.5. The first-order valence-electron chi connectivity index (χ1n) is 5.25.